The van der Waals surface area contributed by atoms with Gasteiger partial charge < -0.3 is 34.1 Å². The molecule has 0 bridgehead atoms. The van der Waals surface area contributed by atoms with Crippen molar-refractivity contribution in [3.05, 3.63) is 57.9 Å². The standard InChI is InChI=1S/C27H29N3O5S/c31-26-19(11-18-12-24-25(13-21(18)29-26)33-9-8-32-24)15-30(27(36)28-20-4-2-1-3-5-20)14-17-6-7-22-23(10-17)35-16-34-22/h6-7,10-13,20H,1-5,8-9,14-16H2,(H,28,36)(H,29,31). The molecule has 0 radical (unpaired) electrons. The first-order valence-electron chi connectivity index (χ1n) is 12.5. The van der Waals surface area contributed by atoms with E-state index in [1.165, 1.54) is 19.3 Å². The van der Waals surface area contributed by atoms with Gasteiger partial charge in [-0.25, -0.2) is 0 Å². The highest BCUT2D eigenvalue weighted by atomic mass is 32.1. The van der Waals surface area contributed by atoms with E-state index >= 15 is 0 Å². The summed E-state index contributed by atoms with van der Waals surface area (Å²) in [6.45, 7) is 2.15. The highest BCUT2D eigenvalue weighted by Crippen LogP contribution is 2.34. The third-order valence-electron chi connectivity index (χ3n) is 6.98. The topological polar surface area (TPSA) is 85.1 Å². The third-order valence-corrected chi connectivity index (χ3v) is 7.35. The van der Waals surface area contributed by atoms with E-state index in [4.69, 9.17) is 31.2 Å². The monoisotopic (exact) mass is 507 g/mol. The smallest absolute Gasteiger partial charge is 0.253 e. The summed E-state index contributed by atoms with van der Waals surface area (Å²) in [5.41, 5.74) is 2.24. The number of nitrogens with one attached hydrogen (secondary N) is 2. The van der Waals surface area contributed by atoms with Crippen molar-refractivity contribution >= 4 is 28.2 Å². The van der Waals surface area contributed by atoms with Gasteiger partial charge in [-0.3, -0.25) is 4.79 Å². The number of fused-ring (bicyclic) bond motifs is 3. The first kappa shape index (κ1) is 23.0. The molecule has 188 valence electrons. The van der Waals surface area contributed by atoms with Crippen LogP contribution >= 0.6 is 12.2 Å². The van der Waals surface area contributed by atoms with Crippen molar-refractivity contribution in [1.29, 1.82) is 0 Å². The number of benzene rings is 2. The predicted molar refractivity (Wildman–Crippen MR) is 140 cm³/mol. The number of nitrogens with zero attached hydrogens (tertiary/aromatic N) is 1. The zero-order valence-corrected chi connectivity index (χ0v) is 20.8. The first-order chi connectivity index (χ1) is 17.6. The highest BCUT2D eigenvalue weighted by Gasteiger charge is 2.21. The van der Waals surface area contributed by atoms with Crippen LogP contribution in [0.25, 0.3) is 10.9 Å². The minimum absolute atomic E-state index is 0.143. The third kappa shape index (κ3) is 4.80. The number of pyridine rings is 1. The summed E-state index contributed by atoms with van der Waals surface area (Å²) in [5, 5.41) is 5.11. The normalized spacial score (nSPS) is 16.7. The molecule has 2 N–H and O–H groups in total. The van der Waals surface area contributed by atoms with Crippen LogP contribution in [0.3, 0.4) is 0 Å². The maximum atomic E-state index is 13.1. The zero-order chi connectivity index (χ0) is 24.5. The second-order valence-corrected chi connectivity index (χ2v) is 9.92. The van der Waals surface area contributed by atoms with E-state index in [0.29, 0.717) is 54.5 Å². The number of rotatable bonds is 5. The SMILES string of the molecule is O=c1[nH]c2cc3c(cc2cc1CN(Cc1ccc2c(c1)OCO2)C(=S)NC1CCCCC1)OCCO3. The number of hydrogen-bond donors (Lipinski definition) is 2. The molecule has 3 aliphatic rings. The number of aromatic nitrogens is 1. The van der Waals surface area contributed by atoms with Crippen LogP contribution in [0.4, 0.5) is 0 Å². The molecule has 0 saturated heterocycles. The Kier molecular flexibility index (Phi) is 6.31. The first-order valence-corrected chi connectivity index (χ1v) is 12.9. The maximum absolute atomic E-state index is 13.1. The van der Waals surface area contributed by atoms with Gasteiger partial charge in [0.2, 0.25) is 6.79 Å². The molecule has 1 fully saturated rings. The van der Waals surface area contributed by atoms with Crippen LogP contribution < -0.4 is 29.8 Å². The Hall–Kier alpha value is -3.46. The number of H-pyrrole nitrogens is 1. The van der Waals surface area contributed by atoms with Crippen molar-refractivity contribution < 1.29 is 18.9 Å². The summed E-state index contributed by atoms with van der Waals surface area (Å²) in [4.78, 5) is 18.2. The fourth-order valence-electron chi connectivity index (χ4n) is 5.08. The zero-order valence-electron chi connectivity index (χ0n) is 20.0. The lowest BCUT2D eigenvalue weighted by Gasteiger charge is -2.31. The Morgan fingerprint density at radius 3 is 2.50 bits per heavy atom. The molecule has 0 unspecified atom stereocenters. The Morgan fingerprint density at radius 1 is 0.917 bits per heavy atom. The second kappa shape index (κ2) is 9.89. The van der Waals surface area contributed by atoms with E-state index in [1.807, 2.05) is 36.4 Å². The number of thiocarbonyl (C=S) groups is 1. The predicted octanol–water partition coefficient (Wildman–Crippen LogP) is 4.24. The maximum Gasteiger partial charge on any atom is 0.253 e. The van der Waals surface area contributed by atoms with Crippen molar-refractivity contribution in [1.82, 2.24) is 15.2 Å². The van der Waals surface area contributed by atoms with Gasteiger partial charge >= 0.3 is 0 Å². The Labute approximate surface area is 214 Å². The van der Waals surface area contributed by atoms with Crippen LogP contribution in [0.5, 0.6) is 23.0 Å². The van der Waals surface area contributed by atoms with Crippen LogP contribution in [0.2, 0.25) is 0 Å². The molecule has 0 atom stereocenters. The molecule has 0 amide bonds. The lowest BCUT2D eigenvalue weighted by atomic mass is 9.96. The molecule has 3 aromatic rings. The lowest BCUT2D eigenvalue weighted by molar-refractivity contribution is 0.172. The minimum atomic E-state index is -0.143. The highest BCUT2D eigenvalue weighted by molar-refractivity contribution is 7.80. The molecule has 1 saturated carbocycles. The van der Waals surface area contributed by atoms with Crippen LogP contribution in [0.1, 0.15) is 43.2 Å². The summed E-state index contributed by atoms with van der Waals surface area (Å²) < 4.78 is 22.4. The van der Waals surface area contributed by atoms with E-state index < -0.39 is 0 Å². The fourth-order valence-corrected chi connectivity index (χ4v) is 5.38. The van der Waals surface area contributed by atoms with Gasteiger partial charge in [0, 0.05) is 29.6 Å². The number of hydrogen-bond acceptors (Lipinski definition) is 6. The van der Waals surface area contributed by atoms with Crippen molar-refractivity contribution in [3.63, 3.8) is 0 Å². The quantitative estimate of drug-likeness (QED) is 0.496. The largest absolute Gasteiger partial charge is 0.486 e. The van der Waals surface area contributed by atoms with Crippen molar-refractivity contribution in [2.45, 2.75) is 51.2 Å². The molecule has 2 aliphatic heterocycles. The van der Waals surface area contributed by atoms with Crippen LogP contribution in [-0.2, 0) is 13.1 Å². The Bertz CT molecular complexity index is 1350. The van der Waals surface area contributed by atoms with Crippen LogP contribution in [0.15, 0.2) is 41.2 Å². The van der Waals surface area contributed by atoms with Crippen LogP contribution in [0, 0.1) is 0 Å². The van der Waals surface area contributed by atoms with Crippen molar-refractivity contribution in [2.24, 2.45) is 0 Å². The van der Waals surface area contributed by atoms with E-state index in [9.17, 15) is 4.79 Å². The van der Waals surface area contributed by atoms with Gasteiger partial charge in [-0.2, -0.15) is 0 Å². The van der Waals surface area contributed by atoms with Gasteiger partial charge in [0.05, 0.1) is 12.1 Å². The van der Waals surface area contributed by atoms with Crippen molar-refractivity contribution in [2.75, 3.05) is 20.0 Å². The summed E-state index contributed by atoms with van der Waals surface area (Å²) in [6.07, 6.45) is 5.92. The van der Waals surface area contributed by atoms with Crippen LogP contribution in [-0.4, -0.2) is 41.0 Å². The van der Waals surface area contributed by atoms with Gasteiger partial charge in [-0.05, 0) is 54.9 Å². The summed E-state index contributed by atoms with van der Waals surface area (Å²) in [6, 6.07) is 11.9. The second-order valence-electron chi connectivity index (χ2n) is 9.53. The lowest BCUT2D eigenvalue weighted by Crippen LogP contribution is -2.45. The fraction of sp³-hybridized carbons (Fsp3) is 0.407. The van der Waals surface area contributed by atoms with Gasteiger partial charge in [0.15, 0.2) is 28.1 Å². The molecular formula is C27H29N3O5S. The molecule has 1 aliphatic carbocycles. The average Bonchev–Trinajstić information content (AvgIpc) is 3.36. The summed E-state index contributed by atoms with van der Waals surface area (Å²) in [7, 11) is 0. The van der Waals surface area contributed by atoms with Gasteiger partial charge in [-0.15, -0.1) is 0 Å². The van der Waals surface area contributed by atoms with E-state index in [2.05, 4.69) is 15.2 Å². The van der Waals surface area contributed by atoms with Crippen molar-refractivity contribution in [3.8, 4) is 23.0 Å². The molecule has 9 heteroatoms. The molecular weight excluding hydrogens is 478 g/mol. The Balaban J connectivity index is 1.29. The van der Waals surface area contributed by atoms with Gasteiger partial charge in [0.1, 0.15) is 13.2 Å². The van der Waals surface area contributed by atoms with Gasteiger partial charge in [0.25, 0.3) is 5.56 Å². The molecule has 36 heavy (non-hydrogen) atoms. The summed E-state index contributed by atoms with van der Waals surface area (Å²) >= 11 is 5.88. The molecule has 2 aromatic carbocycles. The average molecular weight is 508 g/mol. The summed E-state index contributed by atoms with van der Waals surface area (Å²) in [5.74, 6) is 2.82. The van der Waals surface area contributed by atoms with Gasteiger partial charge in [-0.1, -0.05) is 25.3 Å². The number of ether oxygens (including phenoxy) is 4. The molecule has 3 heterocycles. The van der Waals surface area contributed by atoms with E-state index in [-0.39, 0.29) is 12.4 Å². The number of aromatic amines is 1. The molecule has 0 spiro atoms. The molecule has 1 aromatic heterocycles. The van der Waals surface area contributed by atoms with E-state index in [1.54, 1.807) is 0 Å². The molecule has 8 nitrogen and oxygen atoms in total. The van der Waals surface area contributed by atoms with E-state index in [0.717, 1.165) is 40.8 Å². The molecule has 6 rings (SSSR count). The Morgan fingerprint density at radius 2 is 1.67 bits per heavy atom. The minimum Gasteiger partial charge on any atom is -0.486 e.